The molecule has 12 heteroatoms. The molecule has 2 aromatic heterocycles. The number of ether oxygens (including phenoxy) is 2. The first kappa shape index (κ1) is 23.6. The van der Waals surface area contributed by atoms with Gasteiger partial charge in [-0.2, -0.15) is 5.10 Å². The lowest BCUT2D eigenvalue weighted by Crippen LogP contribution is -2.17. The van der Waals surface area contributed by atoms with Crippen LogP contribution >= 0.6 is 11.6 Å². The first-order chi connectivity index (χ1) is 17.1. The summed E-state index contributed by atoms with van der Waals surface area (Å²) in [6, 6.07) is 10.8. The number of hydrogen-bond acceptors (Lipinski definition) is 5. The molecule has 5 rings (SSSR count). The maximum absolute atomic E-state index is 13.9. The number of alkyl halides is 3. The Bertz CT molecular complexity index is 1500. The van der Waals surface area contributed by atoms with E-state index in [1.54, 1.807) is 12.1 Å². The predicted molar refractivity (Wildman–Crippen MR) is 122 cm³/mol. The average molecular weight is 519 g/mol. The van der Waals surface area contributed by atoms with Crippen LogP contribution in [0.3, 0.4) is 0 Å². The van der Waals surface area contributed by atoms with Crippen LogP contribution in [-0.4, -0.2) is 34.1 Å². The maximum atomic E-state index is 13.9. The molecule has 0 spiro atoms. The van der Waals surface area contributed by atoms with Crippen LogP contribution in [0.5, 0.6) is 11.5 Å². The first-order valence-electron chi connectivity index (χ1n) is 10.4. The van der Waals surface area contributed by atoms with E-state index in [2.05, 4.69) is 20.1 Å². The van der Waals surface area contributed by atoms with Crippen LogP contribution in [-0.2, 0) is 6.54 Å². The second kappa shape index (κ2) is 8.83. The van der Waals surface area contributed by atoms with Gasteiger partial charge in [0.25, 0.3) is 5.91 Å². The van der Waals surface area contributed by atoms with Crippen LogP contribution in [0.2, 0.25) is 5.02 Å². The topological polar surface area (TPSA) is 78.3 Å². The van der Waals surface area contributed by atoms with Crippen molar-refractivity contribution in [2.45, 2.75) is 12.9 Å². The highest BCUT2D eigenvalue weighted by Crippen LogP contribution is 2.37. The summed E-state index contributed by atoms with van der Waals surface area (Å²) < 4.78 is 63.4. The zero-order chi connectivity index (χ0) is 25.6. The van der Waals surface area contributed by atoms with Crippen molar-refractivity contribution in [3.8, 4) is 39.8 Å². The van der Waals surface area contributed by atoms with Gasteiger partial charge in [-0.3, -0.25) is 9.78 Å². The van der Waals surface area contributed by atoms with Gasteiger partial charge < -0.3 is 14.8 Å². The van der Waals surface area contributed by atoms with Gasteiger partial charge in [-0.05, 0) is 42.5 Å². The number of methoxy groups -OCH3 is 1. The van der Waals surface area contributed by atoms with Crippen molar-refractivity contribution in [2.24, 2.45) is 0 Å². The molecular formula is C24H15ClF4N4O3. The lowest BCUT2D eigenvalue weighted by Gasteiger charge is -2.13. The predicted octanol–water partition coefficient (Wildman–Crippen LogP) is 5.54. The molecule has 1 aliphatic heterocycles. The van der Waals surface area contributed by atoms with Crippen LogP contribution < -0.4 is 14.8 Å². The van der Waals surface area contributed by atoms with E-state index >= 15 is 0 Å². The Kier molecular flexibility index (Phi) is 5.79. The van der Waals surface area contributed by atoms with Crippen molar-refractivity contribution in [1.29, 1.82) is 0 Å². The summed E-state index contributed by atoms with van der Waals surface area (Å²) in [7, 11) is 1.31. The number of nitrogens with zero attached hydrogens (tertiary/aromatic N) is 3. The van der Waals surface area contributed by atoms with Gasteiger partial charge in [0.2, 0.25) is 0 Å². The minimum atomic E-state index is -4.92. The third kappa shape index (κ3) is 4.44. The molecule has 1 aliphatic rings. The SMILES string of the molecule is COc1cc(OC(F)(F)F)cc(-c2cc(-c3nccc4c3CNC4=O)nn2-c2ccc(F)c(Cl)c2)c1. The van der Waals surface area contributed by atoms with Crippen LogP contribution in [0.15, 0.2) is 54.7 Å². The Balaban J connectivity index is 1.73. The number of fused-ring (bicyclic) bond motifs is 1. The van der Waals surface area contributed by atoms with Gasteiger partial charge in [0, 0.05) is 35.5 Å². The number of halogens is 5. The molecule has 0 aliphatic carbocycles. The van der Waals surface area contributed by atoms with Gasteiger partial charge >= 0.3 is 6.36 Å². The summed E-state index contributed by atoms with van der Waals surface area (Å²) in [5.74, 6) is -1.30. The van der Waals surface area contributed by atoms with Crippen molar-refractivity contribution >= 4 is 17.5 Å². The lowest BCUT2D eigenvalue weighted by molar-refractivity contribution is -0.274. The largest absolute Gasteiger partial charge is 0.573 e. The van der Waals surface area contributed by atoms with Gasteiger partial charge in [-0.15, -0.1) is 13.2 Å². The lowest BCUT2D eigenvalue weighted by atomic mass is 10.1. The molecule has 1 N–H and O–H groups in total. The van der Waals surface area contributed by atoms with Gasteiger partial charge in [-0.1, -0.05) is 11.6 Å². The number of hydrogen-bond donors (Lipinski definition) is 1. The van der Waals surface area contributed by atoms with Crippen LogP contribution in [0.1, 0.15) is 15.9 Å². The van der Waals surface area contributed by atoms with Crippen LogP contribution in [0, 0.1) is 5.82 Å². The normalized spacial score (nSPS) is 12.9. The molecule has 0 bridgehead atoms. The summed E-state index contributed by atoms with van der Waals surface area (Å²) in [5, 5.41) is 7.15. The van der Waals surface area contributed by atoms with Crippen LogP contribution in [0.4, 0.5) is 17.6 Å². The van der Waals surface area contributed by atoms with Crippen LogP contribution in [0.25, 0.3) is 28.3 Å². The van der Waals surface area contributed by atoms with E-state index in [9.17, 15) is 22.4 Å². The van der Waals surface area contributed by atoms with Crippen molar-refractivity contribution in [3.05, 3.63) is 76.7 Å². The highest BCUT2D eigenvalue weighted by molar-refractivity contribution is 6.30. The van der Waals surface area contributed by atoms with Crippen molar-refractivity contribution in [3.63, 3.8) is 0 Å². The van der Waals surface area contributed by atoms with E-state index in [1.807, 2.05) is 0 Å². The van der Waals surface area contributed by atoms with Crippen molar-refractivity contribution in [2.75, 3.05) is 7.11 Å². The monoisotopic (exact) mass is 518 g/mol. The second-order valence-corrected chi connectivity index (χ2v) is 8.15. The highest BCUT2D eigenvalue weighted by atomic mass is 35.5. The van der Waals surface area contributed by atoms with E-state index in [1.165, 1.54) is 42.3 Å². The fraction of sp³-hybridized carbons (Fsp3) is 0.125. The standard InChI is InChI=1S/C24H15ClF4N4O3/c1-35-14-6-12(7-15(9-14)36-24(27,28)29)21-10-20(22-17-11-31-23(34)16(17)4-5-30-22)32-33(21)13-2-3-19(26)18(25)8-13/h2-10H,11H2,1H3,(H,31,34). The molecule has 4 aromatic rings. The Morgan fingerprint density at radius 3 is 2.58 bits per heavy atom. The Labute approximate surface area is 206 Å². The summed E-state index contributed by atoms with van der Waals surface area (Å²) in [4.78, 5) is 16.5. The van der Waals surface area contributed by atoms with E-state index in [-0.39, 0.29) is 28.8 Å². The highest BCUT2D eigenvalue weighted by Gasteiger charge is 2.32. The van der Waals surface area contributed by atoms with Gasteiger partial charge in [0.05, 0.1) is 29.2 Å². The molecule has 0 radical (unpaired) electrons. The molecule has 0 fully saturated rings. The van der Waals surface area contributed by atoms with E-state index in [4.69, 9.17) is 16.3 Å². The zero-order valence-electron chi connectivity index (χ0n) is 18.4. The minimum absolute atomic E-state index is 0.103. The van der Waals surface area contributed by atoms with Gasteiger partial charge in [0.15, 0.2) is 0 Å². The number of carbonyl (C=O) groups excluding carboxylic acids is 1. The zero-order valence-corrected chi connectivity index (χ0v) is 19.1. The quantitative estimate of drug-likeness (QED) is 0.351. The number of pyridine rings is 1. The summed E-state index contributed by atoms with van der Waals surface area (Å²) in [6.07, 6.45) is -3.46. The smallest absolute Gasteiger partial charge is 0.497 e. The first-order valence-corrected chi connectivity index (χ1v) is 10.8. The fourth-order valence-electron chi connectivity index (χ4n) is 3.91. The molecule has 0 unspecified atom stereocenters. The van der Waals surface area contributed by atoms with Gasteiger partial charge in [-0.25, -0.2) is 9.07 Å². The Morgan fingerprint density at radius 1 is 1.08 bits per heavy atom. The molecule has 184 valence electrons. The Morgan fingerprint density at radius 2 is 1.86 bits per heavy atom. The number of carbonyl (C=O) groups is 1. The number of rotatable bonds is 5. The van der Waals surface area contributed by atoms with E-state index in [0.717, 1.165) is 12.1 Å². The third-order valence-corrected chi connectivity index (χ3v) is 5.76. The van der Waals surface area contributed by atoms with Gasteiger partial charge in [0.1, 0.15) is 23.0 Å². The summed E-state index contributed by atoms with van der Waals surface area (Å²) >= 11 is 5.98. The number of benzene rings is 2. The maximum Gasteiger partial charge on any atom is 0.573 e. The van der Waals surface area contributed by atoms with Crippen molar-refractivity contribution < 1.29 is 31.8 Å². The molecule has 0 atom stereocenters. The summed E-state index contributed by atoms with van der Waals surface area (Å²) in [6.45, 7) is 0.241. The van der Waals surface area contributed by atoms with E-state index in [0.29, 0.717) is 33.9 Å². The number of nitrogens with one attached hydrogen (secondary N) is 1. The third-order valence-electron chi connectivity index (χ3n) is 5.47. The minimum Gasteiger partial charge on any atom is -0.497 e. The molecule has 1 amide bonds. The second-order valence-electron chi connectivity index (χ2n) is 7.74. The molecule has 36 heavy (non-hydrogen) atoms. The number of aromatic nitrogens is 3. The molecule has 2 aromatic carbocycles. The van der Waals surface area contributed by atoms with Crippen molar-refractivity contribution in [1.82, 2.24) is 20.1 Å². The molecule has 7 nitrogen and oxygen atoms in total. The molecular weight excluding hydrogens is 504 g/mol. The molecule has 0 saturated heterocycles. The molecule has 3 heterocycles. The van der Waals surface area contributed by atoms with E-state index < -0.39 is 17.9 Å². The average Bonchev–Trinajstić information content (AvgIpc) is 3.44. The summed E-state index contributed by atoms with van der Waals surface area (Å²) in [5.41, 5.74) is 2.73. The number of amides is 1. The fourth-order valence-corrected chi connectivity index (χ4v) is 4.09. The Hall–Kier alpha value is -4.12. The molecule has 0 saturated carbocycles.